The third-order valence-corrected chi connectivity index (χ3v) is 6.12. The Morgan fingerprint density at radius 2 is 1.73 bits per heavy atom. The van der Waals surface area contributed by atoms with Gasteiger partial charge in [-0.25, -0.2) is 18.0 Å². The molecule has 0 amide bonds. The maximum atomic E-state index is 13.6. The number of aromatic nitrogens is 2. The molecule has 1 aromatic heterocycles. The second-order valence-corrected chi connectivity index (χ2v) is 7.85. The summed E-state index contributed by atoms with van der Waals surface area (Å²) in [6, 6.07) is 2.94. The van der Waals surface area contributed by atoms with Crippen molar-refractivity contribution in [2.45, 2.75) is 56.5 Å². The number of aromatic amines is 1. The van der Waals surface area contributed by atoms with E-state index in [1.54, 1.807) is 4.57 Å². The molecule has 8 heteroatoms. The van der Waals surface area contributed by atoms with E-state index in [4.69, 9.17) is 11.6 Å². The van der Waals surface area contributed by atoms with Crippen molar-refractivity contribution >= 4 is 22.6 Å². The lowest BCUT2D eigenvalue weighted by molar-refractivity contribution is -0.0565. The molecule has 2 heterocycles. The predicted octanol–water partition coefficient (Wildman–Crippen LogP) is 4.34. The molecule has 0 spiro atoms. The lowest BCUT2D eigenvalue weighted by Crippen LogP contribution is -2.45. The monoisotopic (exact) mass is 387 g/mol. The zero-order valence-electron chi connectivity index (χ0n) is 14.3. The number of hydrogen-bond donors (Lipinski definition) is 1. The Morgan fingerprint density at radius 3 is 2.38 bits per heavy atom. The van der Waals surface area contributed by atoms with Crippen LogP contribution in [0, 0.1) is 5.82 Å². The van der Waals surface area contributed by atoms with Gasteiger partial charge in [-0.1, -0.05) is 11.6 Å². The fraction of sp³-hybridized carbons (Fsp3) is 0.611. The van der Waals surface area contributed by atoms with E-state index < -0.39 is 11.7 Å². The van der Waals surface area contributed by atoms with Crippen molar-refractivity contribution in [3.8, 4) is 0 Å². The SMILES string of the molecule is O=c1[nH]c2cc(F)c(Cl)cc2n1C1CCN(C2CCC(F)(F)CC2)CC1. The molecule has 1 aliphatic heterocycles. The highest BCUT2D eigenvalue weighted by molar-refractivity contribution is 6.31. The van der Waals surface area contributed by atoms with E-state index in [9.17, 15) is 18.0 Å². The number of benzene rings is 1. The topological polar surface area (TPSA) is 41.0 Å². The fourth-order valence-electron chi connectivity index (χ4n) is 4.38. The number of alkyl halides is 2. The summed E-state index contributed by atoms with van der Waals surface area (Å²) in [5, 5.41) is -0.00850. The van der Waals surface area contributed by atoms with E-state index in [-0.39, 0.29) is 35.6 Å². The molecule has 142 valence electrons. The molecule has 26 heavy (non-hydrogen) atoms. The minimum Gasteiger partial charge on any atom is -0.305 e. The summed E-state index contributed by atoms with van der Waals surface area (Å²) in [7, 11) is 0. The van der Waals surface area contributed by atoms with Crippen molar-refractivity contribution in [3.63, 3.8) is 0 Å². The van der Waals surface area contributed by atoms with Crippen molar-refractivity contribution in [1.82, 2.24) is 14.5 Å². The third kappa shape index (κ3) is 3.27. The normalized spacial score (nSPS) is 22.9. The number of nitrogens with zero attached hydrogens (tertiary/aromatic N) is 2. The van der Waals surface area contributed by atoms with Crippen LogP contribution in [0.5, 0.6) is 0 Å². The van der Waals surface area contributed by atoms with E-state index >= 15 is 0 Å². The van der Waals surface area contributed by atoms with Gasteiger partial charge in [-0.3, -0.25) is 4.57 Å². The number of H-pyrrole nitrogens is 1. The summed E-state index contributed by atoms with van der Waals surface area (Å²) < 4.78 is 42.0. The highest BCUT2D eigenvalue weighted by Gasteiger charge is 2.38. The highest BCUT2D eigenvalue weighted by atomic mass is 35.5. The Hall–Kier alpha value is -1.47. The Labute approximate surface area is 153 Å². The first-order chi connectivity index (χ1) is 12.3. The average Bonchev–Trinajstić information content (AvgIpc) is 2.90. The first-order valence-electron chi connectivity index (χ1n) is 9.05. The summed E-state index contributed by atoms with van der Waals surface area (Å²) in [6.07, 6.45) is 2.50. The van der Waals surface area contributed by atoms with Gasteiger partial charge in [0.25, 0.3) is 0 Å². The van der Waals surface area contributed by atoms with Crippen LogP contribution < -0.4 is 5.69 Å². The van der Waals surface area contributed by atoms with Crippen LogP contribution in [-0.2, 0) is 0 Å². The minimum absolute atomic E-state index is 0.000871. The van der Waals surface area contributed by atoms with E-state index in [0.29, 0.717) is 23.9 Å². The molecule has 1 saturated heterocycles. The molecule has 0 bridgehead atoms. The van der Waals surface area contributed by atoms with Crippen molar-refractivity contribution in [3.05, 3.63) is 33.5 Å². The molecule has 0 atom stereocenters. The van der Waals surface area contributed by atoms with Crippen molar-refractivity contribution in [1.29, 1.82) is 0 Å². The third-order valence-electron chi connectivity index (χ3n) is 5.83. The number of hydrogen-bond acceptors (Lipinski definition) is 2. The maximum absolute atomic E-state index is 13.6. The number of imidazole rings is 1. The smallest absolute Gasteiger partial charge is 0.305 e. The minimum atomic E-state index is -2.51. The second-order valence-electron chi connectivity index (χ2n) is 7.44. The van der Waals surface area contributed by atoms with Gasteiger partial charge in [-0.15, -0.1) is 0 Å². The first kappa shape index (κ1) is 17.9. The highest BCUT2D eigenvalue weighted by Crippen LogP contribution is 2.37. The lowest BCUT2D eigenvalue weighted by atomic mass is 9.89. The van der Waals surface area contributed by atoms with Crippen molar-refractivity contribution in [2.24, 2.45) is 0 Å². The zero-order chi connectivity index (χ0) is 18.5. The van der Waals surface area contributed by atoms with Crippen LogP contribution in [0.3, 0.4) is 0 Å². The van der Waals surface area contributed by atoms with Crippen LogP contribution in [-0.4, -0.2) is 39.5 Å². The van der Waals surface area contributed by atoms with Crippen LogP contribution >= 0.6 is 11.6 Å². The summed E-state index contributed by atoms with van der Waals surface area (Å²) in [5.41, 5.74) is 0.781. The molecular formula is C18H21ClF3N3O. The molecule has 2 aromatic rings. The van der Waals surface area contributed by atoms with Gasteiger partial charge in [0.05, 0.1) is 16.1 Å². The van der Waals surface area contributed by atoms with Gasteiger partial charge >= 0.3 is 5.69 Å². The number of halogens is 4. The molecule has 2 fully saturated rings. The molecular weight excluding hydrogens is 367 g/mol. The summed E-state index contributed by atoms with van der Waals surface area (Å²) in [5.74, 6) is -3.07. The molecule has 2 aliphatic rings. The molecule has 1 saturated carbocycles. The van der Waals surface area contributed by atoms with Crippen LogP contribution in [0.1, 0.15) is 44.6 Å². The van der Waals surface area contributed by atoms with E-state index in [2.05, 4.69) is 9.88 Å². The molecule has 1 N–H and O–H groups in total. The van der Waals surface area contributed by atoms with Crippen molar-refractivity contribution < 1.29 is 13.2 Å². The Balaban J connectivity index is 1.49. The molecule has 0 radical (unpaired) electrons. The van der Waals surface area contributed by atoms with Gasteiger partial charge in [-0.05, 0) is 31.7 Å². The average molecular weight is 388 g/mol. The summed E-state index contributed by atoms with van der Waals surface area (Å²) >= 11 is 5.88. The van der Waals surface area contributed by atoms with E-state index in [0.717, 1.165) is 25.9 Å². The van der Waals surface area contributed by atoms with Crippen LogP contribution in [0.4, 0.5) is 13.2 Å². The Morgan fingerprint density at radius 1 is 1.08 bits per heavy atom. The second kappa shape index (κ2) is 6.60. The van der Waals surface area contributed by atoms with Crippen LogP contribution in [0.25, 0.3) is 11.0 Å². The van der Waals surface area contributed by atoms with Gasteiger partial charge in [0.1, 0.15) is 5.82 Å². The molecule has 1 aromatic carbocycles. The Bertz CT molecular complexity index is 860. The zero-order valence-corrected chi connectivity index (χ0v) is 15.0. The number of likely N-dealkylation sites (tertiary alicyclic amines) is 1. The van der Waals surface area contributed by atoms with Crippen LogP contribution in [0.2, 0.25) is 5.02 Å². The lowest BCUT2D eigenvalue weighted by Gasteiger charge is -2.40. The molecule has 4 nitrogen and oxygen atoms in total. The Kier molecular flexibility index (Phi) is 4.55. The summed E-state index contributed by atoms with van der Waals surface area (Å²) in [6.45, 7) is 1.55. The quantitative estimate of drug-likeness (QED) is 0.833. The fourth-order valence-corrected chi connectivity index (χ4v) is 4.54. The number of piperidine rings is 1. The molecule has 0 unspecified atom stereocenters. The van der Waals surface area contributed by atoms with Gasteiger partial charge in [0.15, 0.2) is 0 Å². The number of rotatable bonds is 2. The number of nitrogens with one attached hydrogen (secondary N) is 1. The van der Waals surface area contributed by atoms with E-state index in [1.165, 1.54) is 12.1 Å². The first-order valence-corrected chi connectivity index (χ1v) is 9.43. The van der Waals surface area contributed by atoms with Gasteiger partial charge < -0.3 is 9.88 Å². The predicted molar refractivity (Wildman–Crippen MR) is 94.6 cm³/mol. The molecule has 1 aliphatic carbocycles. The largest absolute Gasteiger partial charge is 0.326 e. The molecule has 4 rings (SSSR count). The van der Waals surface area contributed by atoms with E-state index in [1.807, 2.05) is 0 Å². The van der Waals surface area contributed by atoms with Crippen LogP contribution in [0.15, 0.2) is 16.9 Å². The van der Waals surface area contributed by atoms with Gasteiger partial charge in [-0.2, -0.15) is 0 Å². The van der Waals surface area contributed by atoms with Gasteiger partial charge in [0, 0.05) is 44.1 Å². The maximum Gasteiger partial charge on any atom is 0.326 e. The number of fused-ring (bicyclic) bond motifs is 1. The summed E-state index contributed by atoms with van der Waals surface area (Å²) in [4.78, 5) is 17.3. The standard InChI is InChI=1S/C18H21ClF3N3O/c19-13-9-16-15(10-14(13)20)23-17(26)25(16)12-3-7-24(8-4-12)11-1-5-18(21,22)6-2-11/h9-12H,1-8H2,(H,23,26). The van der Waals surface area contributed by atoms with Gasteiger partial charge in [0.2, 0.25) is 5.92 Å². The van der Waals surface area contributed by atoms with Crippen molar-refractivity contribution in [2.75, 3.05) is 13.1 Å².